The monoisotopic (exact) mass is 232 g/mol. The molecule has 0 unspecified atom stereocenters. The van der Waals surface area contributed by atoms with Crippen LogP contribution in [0.5, 0.6) is 0 Å². The standard InChI is InChI=1S/C12H12N2OS/c1-8(15)13-11-5-3-4-10(6-11)12-7-16-9(2)14-12/h3-7H,1-2H3,(H,13,15). The number of aryl methyl sites for hydroxylation is 1. The summed E-state index contributed by atoms with van der Waals surface area (Å²) in [5, 5.41) is 5.82. The molecule has 2 aromatic rings. The van der Waals surface area contributed by atoms with Gasteiger partial charge in [0.2, 0.25) is 5.91 Å². The highest BCUT2D eigenvalue weighted by molar-refractivity contribution is 7.09. The van der Waals surface area contributed by atoms with Gasteiger partial charge in [-0.2, -0.15) is 0 Å². The zero-order chi connectivity index (χ0) is 11.5. The summed E-state index contributed by atoms with van der Waals surface area (Å²) in [6, 6.07) is 7.69. The molecular formula is C12H12N2OS. The first kappa shape index (κ1) is 10.8. The number of hydrogen-bond donors (Lipinski definition) is 1. The number of benzene rings is 1. The third-order valence-electron chi connectivity index (χ3n) is 2.10. The van der Waals surface area contributed by atoms with Crippen molar-refractivity contribution < 1.29 is 4.79 Å². The molecule has 0 saturated carbocycles. The molecule has 2 rings (SSSR count). The summed E-state index contributed by atoms with van der Waals surface area (Å²) >= 11 is 1.62. The van der Waals surface area contributed by atoms with Crippen molar-refractivity contribution in [2.45, 2.75) is 13.8 Å². The van der Waals surface area contributed by atoms with E-state index in [1.165, 1.54) is 6.92 Å². The largest absolute Gasteiger partial charge is 0.326 e. The van der Waals surface area contributed by atoms with Gasteiger partial charge in [0.15, 0.2) is 0 Å². The predicted molar refractivity (Wildman–Crippen MR) is 66.6 cm³/mol. The molecule has 0 saturated heterocycles. The highest BCUT2D eigenvalue weighted by atomic mass is 32.1. The van der Waals surface area contributed by atoms with E-state index < -0.39 is 0 Å². The van der Waals surface area contributed by atoms with Crippen molar-refractivity contribution in [3.05, 3.63) is 34.7 Å². The van der Waals surface area contributed by atoms with E-state index in [4.69, 9.17) is 0 Å². The van der Waals surface area contributed by atoms with E-state index in [-0.39, 0.29) is 5.91 Å². The molecule has 1 heterocycles. The molecule has 16 heavy (non-hydrogen) atoms. The Hall–Kier alpha value is -1.68. The van der Waals surface area contributed by atoms with Crippen molar-refractivity contribution in [2.24, 2.45) is 0 Å². The average Bonchev–Trinajstić information content (AvgIpc) is 2.64. The van der Waals surface area contributed by atoms with Crippen LogP contribution in [-0.2, 0) is 4.79 Å². The number of carbonyl (C=O) groups is 1. The Morgan fingerprint density at radius 2 is 2.25 bits per heavy atom. The zero-order valence-electron chi connectivity index (χ0n) is 9.15. The van der Waals surface area contributed by atoms with Gasteiger partial charge in [0.25, 0.3) is 0 Å². The van der Waals surface area contributed by atoms with E-state index in [9.17, 15) is 4.79 Å². The van der Waals surface area contributed by atoms with Gasteiger partial charge in [-0.1, -0.05) is 12.1 Å². The molecule has 0 bridgehead atoms. The molecule has 1 aromatic carbocycles. The van der Waals surface area contributed by atoms with Crippen LogP contribution in [-0.4, -0.2) is 10.9 Å². The normalized spacial score (nSPS) is 10.1. The van der Waals surface area contributed by atoms with Gasteiger partial charge in [-0.05, 0) is 19.1 Å². The Morgan fingerprint density at radius 1 is 1.44 bits per heavy atom. The fourth-order valence-electron chi connectivity index (χ4n) is 1.46. The molecule has 1 N–H and O–H groups in total. The van der Waals surface area contributed by atoms with Gasteiger partial charge in [0.1, 0.15) is 0 Å². The first-order valence-corrected chi connectivity index (χ1v) is 5.83. The van der Waals surface area contributed by atoms with E-state index >= 15 is 0 Å². The third kappa shape index (κ3) is 2.46. The Morgan fingerprint density at radius 3 is 2.88 bits per heavy atom. The smallest absolute Gasteiger partial charge is 0.221 e. The van der Waals surface area contributed by atoms with E-state index in [0.29, 0.717) is 0 Å². The minimum atomic E-state index is -0.0633. The molecule has 0 spiro atoms. The summed E-state index contributed by atoms with van der Waals surface area (Å²) in [4.78, 5) is 15.3. The molecule has 0 atom stereocenters. The number of hydrogen-bond acceptors (Lipinski definition) is 3. The molecule has 0 radical (unpaired) electrons. The second kappa shape index (κ2) is 4.45. The maximum Gasteiger partial charge on any atom is 0.221 e. The summed E-state index contributed by atoms with van der Waals surface area (Å²) in [5.74, 6) is -0.0633. The minimum absolute atomic E-state index is 0.0633. The first-order chi connectivity index (χ1) is 7.65. The fourth-order valence-corrected chi connectivity index (χ4v) is 2.08. The average molecular weight is 232 g/mol. The van der Waals surface area contributed by atoms with E-state index in [0.717, 1.165) is 22.0 Å². The lowest BCUT2D eigenvalue weighted by molar-refractivity contribution is -0.114. The highest BCUT2D eigenvalue weighted by Gasteiger charge is 2.03. The van der Waals surface area contributed by atoms with Crippen LogP contribution in [0, 0.1) is 6.92 Å². The van der Waals surface area contributed by atoms with E-state index in [1.54, 1.807) is 11.3 Å². The van der Waals surface area contributed by atoms with Crippen LogP contribution in [0.25, 0.3) is 11.3 Å². The number of nitrogens with one attached hydrogen (secondary N) is 1. The molecule has 1 amide bonds. The topological polar surface area (TPSA) is 42.0 Å². The third-order valence-corrected chi connectivity index (χ3v) is 2.87. The molecule has 4 heteroatoms. The van der Waals surface area contributed by atoms with Crippen LogP contribution in [0.2, 0.25) is 0 Å². The highest BCUT2D eigenvalue weighted by Crippen LogP contribution is 2.23. The Balaban J connectivity index is 2.32. The quantitative estimate of drug-likeness (QED) is 0.864. The molecule has 0 aliphatic rings. The Kier molecular flexibility index (Phi) is 3.01. The van der Waals surface area contributed by atoms with Gasteiger partial charge in [-0.15, -0.1) is 11.3 Å². The first-order valence-electron chi connectivity index (χ1n) is 4.95. The van der Waals surface area contributed by atoms with Gasteiger partial charge < -0.3 is 5.32 Å². The van der Waals surface area contributed by atoms with E-state index in [2.05, 4.69) is 10.3 Å². The summed E-state index contributed by atoms with van der Waals surface area (Å²) in [7, 11) is 0. The van der Waals surface area contributed by atoms with Crippen LogP contribution in [0.4, 0.5) is 5.69 Å². The van der Waals surface area contributed by atoms with Crippen LogP contribution >= 0.6 is 11.3 Å². The van der Waals surface area contributed by atoms with Crippen LogP contribution in [0.15, 0.2) is 29.6 Å². The van der Waals surface area contributed by atoms with Crippen LogP contribution in [0.3, 0.4) is 0 Å². The summed E-state index contributed by atoms with van der Waals surface area (Å²) in [5.41, 5.74) is 2.78. The lowest BCUT2D eigenvalue weighted by atomic mass is 10.1. The van der Waals surface area contributed by atoms with Crippen molar-refractivity contribution in [3.8, 4) is 11.3 Å². The van der Waals surface area contributed by atoms with E-state index in [1.807, 2.05) is 36.6 Å². The maximum atomic E-state index is 10.9. The maximum absolute atomic E-state index is 10.9. The van der Waals surface area contributed by atoms with Gasteiger partial charge in [-0.3, -0.25) is 4.79 Å². The van der Waals surface area contributed by atoms with Crippen LogP contribution < -0.4 is 5.32 Å². The molecule has 0 aliphatic heterocycles. The Labute approximate surface area is 98.2 Å². The second-order valence-corrected chi connectivity index (χ2v) is 4.58. The zero-order valence-corrected chi connectivity index (χ0v) is 9.97. The van der Waals surface area contributed by atoms with Gasteiger partial charge in [0, 0.05) is 23.6 Å². The van der Waals surface area contributed by atoms with Gasteiger partial charge >= 0.3 is 0 Å². The number of thiazole rings is 1. The molecule has 0 fully saturated rings. The number of aromatic nitrogens is 1. The Bertz CT molecular complexity index is 519. The summed E-state index contributed by atoms with van der Waals surface area (Å²) in [6.07, 6.45) is 0. The van der Waals surface area contributed by atoms with Crippen molar-refractivity contribution in [1.82, 2.24) is 4.98 Å². The summed E-state index contributed by atoms with van der Waals surface area (Å²) in [6.45, 7) is 3.48. The molecular weight excluding hydrogens is 220 g/mol. The predicted octanol–water partition coefficient (Wildman–Crippen LogP) is 3.08. The number of amides is 1. The van der Waals surface area contributed by atoms with Gasteiger partial charge in [-0.25, -0.2) is 4.98 Å². The minimum Gasteiger partial charge on any atom is -0.326 e. The van der Waals surface area contributed by atoms with Crippen LogP contribution in [0.1, 0.15) is 11.9 Å². The summed E-state index contributed by atoms with van der Waals surface area (Å²) < 4.78 is 0. The molecule has 3 nitrogen and oxygen atoms in total. The van der Waals surface area contributed by atoms with Crippen molar-refractivity contribution in [3.63, 3.8) is 0 Å². The molecule has 82 valence electrons. The SMILES string of the molecule is CC(=O)Nc1cccc(-c2csc(C)n2)c1. The number of rotatable bonds is 2. The molecule has 0 aliphatic carbocycles. The van der Waals surface area contributed by atoms with Crippen molar-refractivity contribution >= 4 is 22.9 Å². The van der Waals surface area contributed by atoms with Crippen molar-refractivity contribution in [1.29, 1.82) is 0 Å². The number of carbonyl (C=O) groups excluding carboxylic acids is 1. The fraction of sp³-hybridized carbons (Fsp3) is 0.167. The second-order valence-electron chi connectivity index (χ2n) is 3.51. The number of nitrogens with zero attached hydrogens (tertiary/aromatic N) is 1. The van der Waals surface area contributed by atoms with Crippen molar-refractivity contribution in [2.75, 3.05) is 5.32 Å². The lowest BCUT2D eigenvalue weighted by Gasteiger charge is -2.03. The number of anilines is 1. The lowest BCUT2D eigenvalue weighted by Crippen LogP contribution is -2.05. The molecule has 1 aromatic heterocycles. The van der Waals surface area contributed by atoms with Gasteiger partial charge in [0.05, 0.1) is 10.7 Å².